The molecular formula is C15H19BrClNO. The van der Waals surface area contributed by atoms with E-state index >= 15 is 0 Å². The van der Waals surface area contributed by atoms with Gasteiger partial charge in [0.15, 0.2) is 0 Å². The summed E-state index contributed by atoms with van der Waals surface area (Å²) in [5.74, 6) is 0.675. The van der Waals surface area contributed by atoms with Gasteiger partial charge >= 0.3 is 0 Å². The summed E-state index contributed by atoms with van der Waals surface area (Å²) in [5, 5.41) is 0.199. The predicted molar refractivity (Wildman–Crippen MR) is 82.8 cm³/mol. The number of piperidine rings is 1. The van der Waals surface area contributed by atoms with Gasteiger partial charge in [-0.3, -0.25) is 4.79 Å². The summed E-state index contributed by atoms with van der Waals surface area (Å²) in [6.07, 6.45) is 2.01. The number of nitrogens with zero attached hydrogens (tertiary/aromatic N) is 1. The van der Waals surface area contributed by atoms with E-state index in [-0.39, 0.29) is 11.3 Å². The SMILES string of the molecule is Cc1c(Br)cccc1C(=O)N1CCC(C(C)Cl)CC1. The van der Waals surface area contributed by atoms with Gasteiger partial charge in [-0.25, -0.2) is 0 Å². The minimum absolute atomic E-state index is 0.138. The third-order valence-corrected chi connectivity index (χ3v) is 5.19. The molecule has 0 spiro atoms. The quantitative estimate of drug-likeness (QED) is 0.735. The Labute approximate surface area is 128 Å². The van der Waals surface area contributed by atoms with Gasteiger partial charge in [-0.05, 0) is 50.3 Å². The molecule has 0 bridgehead atoms. The number of hydrogen-bond donors (Lipinski definition) is 0. The van der Waals surface area contributed by atoms with E-state index in [9.17, 15) is 4.79 Å². The van der Waals surface area contributed by atoms with Gasteiger partial charge in [-0.2, -0.15) is 0 Å². The van der Waals surface area contributed by atoms with Crippen LogP contribution >= 0.6 is 27.5 Å². The molecule has 1 atom stereocenters. The van der Waals surface area contributed by atoms with Crippen LogP contribution in [-0.4, -0.2) is 29.3 Å². The second-order valence-corrected chi connectivity index (χ2v) is 6.76. The molecule has 1 aliphatic heterocycles. The van der Waals surface area contributed by atoms with Crippen LogP contribution in [0.15, 0.2) is 22.7 Å². The van der Waals surface area contributed by atoms with E-state index < -0.39 is 0 Å². The molecule has 1 aromatic rings. The zero-order valence-corrected chi connectivity index (χ0v) is 13.7. The number of amides is 1. The summed E-state index contributed by atoms with van der Waals surface area (Å²) >= 11 is 9.62. The topological polar surface area (TPSA) is 20.3 Å². The number of hydrogen-bond acceptors (Lipinski definition) is 1. The smallest absolute Gasteiger partial charge is 0.254 e. The fourth-order valence-electron chi connectivity index (χ4n) is 2.57. The highest BCUT2D eigenvalue weighted by atomic mass is 79.9. The lowest BCUT2D eigenvalue weighted by Gasteiger charge is -2.33. The number of halogens is 2. The lowest BCUT2D eigenvalue weighted by Crippen LogP contribution is -2.40. The number of alkyl halides is 1. The monoisotopic (exact) mass is 343 g/mol. The van der Waals surface area contributed by atoms with Crippen molar-refractivity contribution in [3.8, 4) is 0 Å². The van der Waals surface area contributed by atoms with Crippen LogP contribution in [0.2, 0.25) is 0 Å². The zero-order chi connectivity index (χ0) is 14.0. The van der Waals surface area contributed by atoms with Crippen LogP contribution in [0.5, 0.6) is 0 Å². The molecule has 1 aromatic carbocycles. The number of carbonyl (C=O) groups excluding carboxylic acids is 1. The van der Waals surface area contributed by atoms with Gasteiger partial charge in [-0.15, -0.1) is 11.6 Å². The second kappa shape index (κ2) is 6.27. The van der Waals surface area contributed by atoms with Crippen LogP contribution in [0, 0.1) is 12.8 Å². The summed E-state index contributed by atoms with van der Waals surface area (Å²) in [5.41, 5.74) is 1.81. The van der Waals surface area contributed by atoms with Gasteiger partial charge in [-0.1, -0.05) is 22.0 Å². The molecule has 1 heterocycles. The number of benzene rings is 1. The van der Waals surface area contributed by atoms with Crippen molar-refractivity contribution in [2.75, 3.05) is 13.1 Å². The van der Waals surface area contributed by atoms with Gasteiger partial charge in [0.25, 0.3) is 5.91 Å². The third-order valence-electron chi connectivity index (χ3n) is 3.97. The molecule has 2 rings (SSSR count). The fourth-order valence-corrected chi connectivity index (χ4v) is 3.19. The number of rotatable bonds is 2. The maximum Gasteiger partial charge on any atom is 0.254 e. The van der Waals surface area contributed by atoms with Crippen molar-refractivity contribution in [3.63, 3.8) is 0 Å². The molecule has 1 saturated heterocycles. The lowest BCUT2D eigenvalue weighted by atomic mass is 9.93. The third kappa shape index (κ3) is 3.32. The van der Waals surface area contributed by atoms with E-state index in [0.29, 0.717) is 5.92 Å². The molecule has 0 aromatic heterocycles. The van der Waals surface area contributed by atoms with Crippen LogP contribution < -0.4 is 0 Å². The largest absolute Gasteiger partial charge is 0.339 e. The Morgan fingerprint density at radius 1 is 1.42 bits per heavy atom. The van der Waals surface area contributed by atoms with Crippen molar-refractivity contribution in [3.05, 3.63) is 33.8 Å². The van der Waals surface area contributed by atoms with Crippen LogP contribution in [0.25, 0.3) is 0 Å². The molecule has 2 nitrogen and oxygen atoms in total. The van der Waals surface area contributed by atoms with Crippen LogP contribution in [-0.2, 0) is 0 Å². The molecule has 0 radical (unpaired) electrons. The number of likely N-dealkylation sites (tertiary alicyclic amines) is 1. The molecule has 0 aliphatic carbocycles. The van der Waals surface area contributed by atoms with E-state index in [1.165, 1.54) is 0 Å². The molecule has 1 unspecified atom stereocenters. The Kier molecular flexibility index (Phi) is 4.91. The molecule has 1 aliphatic rings. The summed E-state index contributed by atoms with van der Waals surface area (Å²) in [7, 11) is 0. The van der Waals surface area contributed by atoms with Crippen molar-refractivity contribution >= 4 is 33.4 Å². The van der Waals surface area contributed by atoms with Gasteiger partial charge in [0, 0.05) is 28.5 Å². The summed E-state index contributed by atoms with van der Waals surface area (Å²) in [6.45, 7) is 5.64. The Balaban J connectivity index is 2.07. The fraction of sp³-hybridized carbons (Fsp3) is 0.533. The normalized spacial score (nSPS) is 18.4. The first-order valence-electron chi connectivity index (χ1n) is 6.69. The van der Waals surface area contributed by atoms with E-state index in [1.54, 1.807) is 0 Å². The molecule has 0 N–H and O–H groups in total. The van der Waals surface area contributed by atoms with Gasteiger partial charge in [0.1, 0.15) is 0 Å². The molecule has 1 amide bonds. The van der Waals surface area contributed by atoms with Gasteiger partial charge in [0.05, 0.1) is 0 Å². The Bertz CT molecular complexity index is 467. The minimum Gasteiger partial charge on any atom is -0.339 e. The Hall–Kier alpha value is -0.540. The second-order valence-electron chi connectivity index (χ2n) is 5.22. The highest BCUT2D eigenvalue weighted by Crippen LogP contribution is 2.26. The van der Waals surface area contributed by atoms with Crippen molar-refractivity contribution in [2.45, 2.75) is 32.1 Å². The van der Waals surface area contributed by atoms with Crippen molar-refractivity contribution < 1.29 is 4.79 Å². The first-order chi connectivity index (χ1) is 9.00. The minimum atomic E-state index is 0.138. The summed E-state index contributed by atoms with van der Waals surface area (Å²) in [4.78, 5) is 14.5. The van der Waals surface area contributed by atoms with E-state index in [1.807, 2.05) is 36.9 Å². The molecule has 104 valence electrons. The molecule has 4 heteroatoms. The Morgan fingerprint density at radius 2 is 2.05 bits per heavy atom. The maximum absolute atomic E-state index is 12.5. The van der Waals surface area contributed by atoms with Crippen molar-refractivity contribution in [2.24, 2.45) is 5.92 Å². The van der Waals surface area contributed by atoms with E-state index in [2.05, 4.69) is 15.9 Å². The highest BCUT2D eigenvalue weighted by molar-refractivity contribution is 9.10. The van der Waals surface area contributed by atoms with E-state index in [0.717, 1.165) is 41.5 Å². The van der Waals surface area contributed by atoms with Gasteiger partial charge < -0.3 is 4.90 Å². The lowest BCUT2D eigenvalue weighted by molar-refractivity contribution is 0.0689. The van der Waals surface area contributed by atoms with E-state index in [4.69, 9.17) is 11.6 Å². The Morgan fingerprint density at radius 3 is 2.63 bits per heavy atom. The molecule has 0 saturated carbocycles. The van der Waals surface area contributed by atoms with Crippen molar-refractivity contribution in [1.82, 2.24) is 4.90 Å². The van der Waals surface area contributed by atoms with Gasteiger partial charge in [0.2, 0.25) is 0 Å². The summed E-state index contributed by atoms with van der Waals surface area (Å²) < 4.78 is 0.989. The number of carbonyl (C=O) groups is 1. The van der Waals surface area contributed by atoms with Crippen molar-refractivity contribution in [1.29, 1.82) is 0 Å². The van der Waals surface area contributed by atoms with Crippen LogP contribution in [0.4, 0.5) is 0 Å². The van der Waals surface area contributed by atoms with Crippen LogP contribution in [0.1, 0.15) is 35.7 Å². The highest BCUT2D eigenvalue weighted by Gasteiger charge is 2.26. The molecular weight excluding hydrogens is 326 g/mol. The zero-order valence-electron chi connectivity index (χ0n) is 11.3. The molecule has 1 fully saturated rings. The average molecular weight is 345 g/mol. The predicted octanol–water partition coefficient (Wildman–Crippen LogP) is 4.24. The van der Waals surface area contributed by atoms with Crippen LogP contribution in [0.3, 0.4) is 0 Å². The molecule has 19 heavy (non-hydrogen) atoms. The summed E-state index contributed by atoms with van der Waals surface area (Å²) in [6, 6.07) is 5.78. The standard InChI is InChI=1S/C15H19BrClNO/c1-10-13(4-3-5-14(10)16)15(19)18-8-6-12(7-9-18)11(2)17/h3-5,11-12H,6-9H2,1-2H3. The maximum atomic E-state index is 12.5. The average Bonchev–Trinajstić information content (AvgIpc) is 2.41. The first kappa shape index (κ1) is 14.9. The first-order valence-corrected chi connectivity index (χ1v) is 7.92.